The summed E-state index contributed by atoms with van der Waals surface area (Å²) in [6.45, 7) is 4.58. The molecule has 1 unspecified atom stereocenters. The molecule has 1 aromatic rings. The van der Waals surface area contributed by atoms with Crippen LogP contribution in [-0.4, -0.2) is 37.6 Å². The van der Waals surface area contributed by atoms with Crippen molar-refractivity contribution in [1.29, 1.82) is 0 Å². The monoisotopic (exact) mass is 288 g/mol. The lowest BCUT2D eigenvalue weighted by Crippen LogP contribution is -2.60. The van der Waals surface area contributed by atoms with Crippen LogP contribution in [0.2, 0.25) is 0 Å². The van der Waals surface area contributed by atoms with Crippen molar-refractivity contribution in [2.45, 2.75) is 57.5 Å². The van der Waals surface area contributed by atoms with Crippen molar-refractivity contribution in [1.82, 2.24) is 10.2 Å². The van der Waals surface area contributed by atoms with Gasteiger partial charge in [0.15, 0.2) is 0 Å². The fourth-order valence-electron chi connectivity index (χ4n) is 4.00. The molecule has 1 N–H and O–H groups in total. The largest absolute Gasteiger partial charge is 0.315 e. The summed E-state index contributed by atoms with van der Waals surface area (Å²) in [4.78, 5) is 2.48. The quantitative estimate of drug-likeness (QED) is 0.890. The van der Waals surface area contributed by atoms with E-state index in [2.05, 4.69) is 69.5 Å². The predicted molar refractivity (Wildman–Crippen MR) is 91.8 cm³/mol. The molecule has 1 fully saturated rings. The van der Waals surface area contributed by atoms with Gasteiger partial charge < -0.3 is 10.2 Å². The van der Waals surface area contributed by atoms with E-state index >= 15 is 0 Å². The van der Waals surface area contributed by atoms with E-state index in [1.807, 2.05) is 0 Å². The minimum atomic E-state index is 0.297. The average Bonchev–Trinajstić information content (AvgIpc) is 2.46. The Kier molecular flexibility index (Phi) is 5.45. The third-order valence-corrected chi connectivity index (χ3v) is 5.55. The molecule has 1 aliphatic carbocycles. The maximum absolute atomic E-state index is 3.64. The van der Waals surface area contributed by atoms with Crippen LogP contribution in [0.15, 0.2) is 24.3 Å². The number of likely N-dealkylation sites (N-methyl/N-ethyl adjacent to an activating group) is 2. The van der Waals surface area contributed by atoms with E-state index in [1.54, 1.807) is 0 Å². The highest BCUT2D eigenvalue weighted by Gasteiger charge is 2.42. The second-order valence-electron chi connectivity index (χ2n) is 7.21. The molecule has 0 spiro atoms. The molecule has 0 bridgehead atoms. The van der Waals surface area contributed by atoms with Crippen molar-refractivity contribution in [3.8, 4) is 0 Å². The molecule has 0 amide bonds. The molecule has 2 heteroatoms. The maximum Gasteiger partial charge on any atom is 0.0359 e. The highest BCUT2D eigenvalue weighted by Crippen LogP contribution is 2.38. The lowest BCUT2D eigenvalue weighted by atomic mass is 9.70. The third kappa shape index (κ3) is 3.67. The second kappa shape index (κ2) is 6.93. The fraction of sp³-hybridized carbons (Fsp3) is 0.684. The van der Waals surface area contributed by atoms with E-state index in [4.69, 9.17) is 0 Å². The van der Waals surface area contributed by atoms with Gasteiger partial charge in [0.1, 0.15) is 0 Å². The molecular weight excluding hydrogens is 256 g/mol. The average molecular weight is 288 g/mol. The number of rotatable bonds is 5. The molecule has 0 saturated heterocycles. The Bertz CT molecular complexity index is 445. The van der Waals surface area contributed by atoms with Crippen LogP contribution in [-0.2, 0) is 6.42 Å². The van der Waals surface area contributed by atoms with Gasteiger partial charge in [0, 0.05) is 11.6 Å². The summed E-state index contributed by atoms with van der Waals surface area (Å²) in [5.74, 6) is 0.884. The van der Waals surface area contributed by atoms with Crippen LogP contribution in [0.3, 0.4) is 0 Å². The van der Waals surface area contributed by atoms with Crippen molar-refractivity contribution >= 4 is 0 Å². The van der Waals surface area contributed by atoms with E-state index < -0.39 is 0 Å². The highest BCUT2D eigenvalue weighted by atomic mass is 15.2. The number of hydrogen-bond donors (Lipinski definition) is 1. The van der Waals surface area contributed by atoms with Crippen molar-refractivity contribution in [3.63, 3.8) is 0 Å². The lowest BCUT2D eigenvalue weighted by molar-refractivity contribution is 0.0461. The summed E-state index contributed by atoms with van der Waals surface area (Å²) < 4.78 is 0. The summed E-state index contributed by atoms with van der Waals surface area (Å²) in [7, 11) is 6.65. The van der Waals surface area contributed by atoms with E-state index in [0.29, 0.717) is 11.6 Å². The van der Waals surface area contributed by atoms with Crippen LogP contribution >= 0.6 is 0 Å². The first-order valence-electron chi connectivity index (χ1n) is 8.38. The summed E-state index contributed by atoms with van der Waals surface area (Å²) in [6, 6.07) is 9.48. The molecule has 1 atom stereocenters. The molecule has 1 saturated carbocycles. The Morgan fingerprint density at radius 3 is 2.48 bits per heavy atom. The van der Waals surface area contributed by atoms with Gasteiger partial charge in [0.2, 0.25) is 0 Å². The first-order valence-corrected chi connectivity index (χ1v) is 8.38. The topological polar surface area (TPSA) is 15.3 Å². The van der Waals surface area contributed by atoms with Gasteiger partial charge in [0.25, 0.3) is 0 Å². The number of hydrogen-bond acceptors (Lipinski definition) is 2. The normalized spacial score (nSPS) is 27.8. The predicted octanol–water partition coefficient (Wildman–Crippen LogP) is 3.64. The van der Waals surface area contributed by atoms with Crippen molar-refractivity contribution in [3.05, 3.63) is 35.4 Å². The van der Waals surface area contributed by atoms with Crippen LogP contribution in [0.5, 0.6) is 0 Å². The molecular formula is C19H32N2. The summed E-state index contributed by atoms with van der Waals surface area (Å²) in [5.41, 5.74) is 3.11. The first kappa shape index (κ1) is 16.5. The molecule has 21 heavy (non-hydrogen) atoms. The van der Waals surface area contributed by atoms with Crippen LogP contribution in [0, 0.1) is 12.8 Å². The Morgan fingerprint density at radius 1 is 1.29 bits per heavy atom. The second-order valence-corrected chi connectivity index (χ2v) is 7.21. The lowest BCUT2D eigenvalue weighted by Gasteiger charge is -2.50. The summed E-state index contributed by atoms with van der Waals surface area (Å²) >= 11 is 0. The minimum absolute atomic E-state index is 0.297. The Hall–Kier alpha value is -0.860. The van der Waals surface area contributed by atoms with Gasteiger partial charge in [-0.05, 0) is 71.7 Å². The van der Waals surface area contributed by atoms with Crippen LogP contribution in [0.1, 0.15) is 43.7 Å². The molecule has 1 aromatic carbocycles. The van der Waals surface area contributed by atoms with Gasteiger partial charge >= 0.3 is 0 Å². The molecule has 118 valence electrons. The van der Waals surface area contributed by atoms with E-state index in [-0.39, 0.29) is 0 Å². The van der Waals surface area contributed by atoms with Gasteiger partial charge in [-0.15, -0.1) is 0 Å². The summed E-state index contributed by atoms with van der Waals surface area (Å²) in [6.07, 6.45) is 6.43. The zero-order valence-corrected chi connectivity index (χ0v) is 14.4. The number of nitrogens with zero attached hydrogens (tertiary/aromatic N) is 1. The van der Waals surface area contributed by atoms with Gasteiger partial charge in [-0.3, -0.25) is 0 Å². The van der Waals surface area contributed by atoms with Crippen molar-refractivity contribution in [2.75, 3.05) is 21.1 Å². The van der Waals surface area contributed by atoms with Crippen molar-refractivity contribution in [2.24, 2.45) is 5.92 Å². The zero-order chi connectivity index (χ0) is 15.5. The zero-order valence-electron chi connectivity index (χ0n) is 14.4. The van der Waals surface area contributed by atoms with Crippen molar-refractivity contribution < 1.29 is 0 Å². The number of benzene rings is 1. The van der Waals surface area contributed by atoms with Crippen LogP contribution in [0.4, 0.5) is 0 Å². The minimum Gasteiger partial charge on any atom is -0.315 e. The smallest absolute Gasteiger partial charge is 0.0359 e. The molecule has 2 nitrogen and oxygen atoms in total. The maximum atomic E-state index is 3.64. The molecule has 0 heterocycles. The Balaban J connectivity index is 2.20. The molecule has 1 aliphatic rings. The Morgan fingerprint density at radius 2 is 1.95 bits per heavy atom. The van der Waals surface area contributed by atoms with Gasteiger partial charge in [-0.2, -0.15) is 0 Å². The number of aryl methyl sites for hydroxylation is 1. The SMILES string of the molecule is CNC(Cc1cccc(C)c1)C1(N(C)C)CCC(C)CC1. The fourth-order valence-corrected chi connectivity index (χ4v) is 4.00. The van der Waals surface area contributed by atoms with Gasteiger partial charge in [-0.25, -0.2) is 0 Å². The Labute approximate surface area is 130 Å². The van der Waals surface area contributed by atoms with E-state index in [9.17, 15) is 0 Å². The molecule has 2 rings (SSSR count). The van der Waals surface area contributed by atoms with Crippen LogP contribution in [0.25, 0.3) is 0 Å². The van der Waals surface area contributed by atoms with Gasteiger partial charge in [0.05, 0.1) is 0 Å². The molecule has 0 aliphatic heterocycles. The van der Waals surface area contributed by atoms with Crippen LogP contribution < -0.4 is 5.32 Å². The first-order chi connectivity index (χ1) is 9.98. The molecule has 0 radical (unpaired) electrons. The van der Waals surface area contributed by atoms with E-state index in [1.165, 1.54) is 36.8 Å². The number of nitrogens with one attached hydrogen (secondary N) is 1. The highest BCUT2D eigenvalue weighted by molar-refractivity contribution is 5.24. The standard InChI is InChI=1S/C19H32N2/c1-15-9-11-19(12-10-15,21(4)5)18(20-3)14-17-8-6-7-16(2)13-17/h6-8,13,15,18,20H,9-12,14H2,1-5H3. The van der Waals surface area contributed by atoms with Gasteiger partial charge in [-0.1, -0.05) is 36.8 Å². The van der Waals surface area contributed by atoms with E-state index in [0.717, 1.165) is 12.3 Å². The summed E-state index contributed by atoms with van der Waals surface area (Å²) in [5, 5.41) is 3.64. The molecule has 0 aromatic heterocycles. The third-order valence-electron chi connectivity index (χ3n) is 5.55.